The molecule has 0 bridgehead atoms. The third-order valence-electron chi connectivity index (χ3n) is 3.82. The summed E-state index contributed by atoms with van der Waals surface area (Å²) in [5.74, 6) is -0.951. The van der Waals surface area contributed by atoms with Crippen LogP contribution in [0.25, 0.3) is 0 Å². The van der Waals surface area contributed by atoms with Gasteiger partial charge in [-0.2, -0.15) is 0 Å². The summed E-state index contributed by atoms with van der Waals surface area (Å²) in [5.41, 5.74) is 0. The fourth-order valence-electron chi connectivity index (χ4n) is 2.56. The molecule has 1 saturated carbocycles. The van der Waals surface area contributed by atoms with Gasteiger partial charge in [0.05, 0.1) is 5.92 Å². The van der Waals surface area contributed by atoms with Crippen molar-refractivity contribution in [3.8, 4) is 0 Å². The molecule has 2 atom stereocenters. The second kappa shape index (κ2) is 7.24. The molecule has 2 unspecified atom stereocenters. The minimum atomic E-state index is -0.736. The number of hydrogen-bond acceptors (Lipinski definition) is 2. The summed E-state index contributed by atoms with van der Waals surface area (Å²) in [6.45, 7) is 4.53. The predicted molar refractivity (Wildman–Crippen MR) is 69.4 cm³/mol. The lowest BCUT2D eigenvalue weighted by molar-refractivity contribution is -0.142. The highest BCUT2D eigenvalue weighted by Crippen LogP contribution is 2.31. The molecular weight excluding hydrogens is 232 g/mol. The number of carboxylic acid groups (broad SMARTS) is 1. The van der Waals surface area contributed by atoms with E-state index < -0.39 is 5.97 Å². The van der Waals surface area contributed by atoms with Crippen molar-refractivity contribution < 1.29 is 14.7 Å². The van der Waals surface area contributed by atoms with Gasteiger partial charge in [-0.25, -0.2) is 4.79 Å². The van der Waals surface area contributed by atoms with Gasteiger partial charge in [0.15, 0.2) is 0 Å². The van der Waals surface area contributed by atoms with E-state index in [0.717, 1.165) is 32.1 Å². The maximum atomic E-state index is 11.6. The Morgan fingerprint density at radius 1 is 1.28 bits per heavy atom. The molecule has 5 heteroatoms. The fourth-order valence-corrected chi connectivity index (χ4v) is 2.56. The Labute approximate surface area is 108 Å². The van der Waals surface area contributed by atoms with Gasteiger partial charge in [0, 0.05) is 12.6 Å². The highest BCUT2D eigenvalue weighted by atomic mass is 16.4. The normalized spacial score (nSPS) is 23.1. The van der Waals surface area contributed by atoms with E-state index in [-0.39, 0.29) is 23.9 Å². The monoisotopic (exact) mass is 256 g/mol. The summed E-state index contributed by atoms with van der Waals surface area (Å²) in [6.07, 6.45) is 4.38. The summed E-state index contributed by atoms with van der Waals surface area (Å²) in [4.78, 5) is 22.6. The SMILES string of the molecule is CCC(CC)NC(=O)NCC1CCCC1C(=O)O. The fraction of sp³-hybridized carbons (Fsp3) is 0.846. The van der Waals surface area contributed by atoms with Crippen LogP contribution in [0.1, 0.15) is 46.0 Å². The van der Waals surface area contributed by atoms with Crippen LogP contribution in [0.15, 0.2) is 0 Å². The number of hydrogen-bond donors (Lipinski definition) is 3. The van der Waals surface area contributed by atoms with Crippen LogP contribution in [-0.2, 0) is 4.79 Å². The molecular formula is C13H24N2O3. The Hall–Kier alpha value is -1.26. The Balaban J connectivity index is 2.31. The molecule has 3 N–H and O–H groups in total. The molecule has 0 heterocycles. The molecule has 0 spiro atoms. The topological polar surface area (TPSA) is 78.4 Å². The highest BCUT2D eigenvalue weighted by molar-refractivity contribution is 5.74. The van der Waals surface area contributed by atoms with Crippen LogP contribution in [0.5, 0.6) is 0 Å². The van der Waals surface area contributed by atoms with E-state index in [4.69, 9.17) is 5.11 Å². The first-order chi connectivity index (χ1) is 8.58. The van der Waals surface area contributed by atoms with Gasteiger partial charge < -0.3 is 15.7 Å². The third-order valence-corrected chi connectivity index (χ3v) is 3.82. The molecule has 0 saturated heterocycles. The van der Waals surface area contributed by atoms with Crippen LogP contribution in [0.3, 0.4) is 0 Å². The van der Waals surface area contributed by atoms with Gasteiger partial charge >= 0.3 is 12.0 Å². The molecule has 0 aromatic heterocycles. The molecule has 0 aromatic carbocycles. The second-order valence-electron chi connectivity index (χ2n) is 5.00. The van der Waals surface area contributed by atoms with Crippen molar-refractivity contribution in [2.45, 2.75) is 52.0 Å². The largest absolute Gasteiger partial charge is 0.481 e. The second-order valence-corrected chi connectivity index (χ2v) is 5.00. The molecule has 0 aliphatic heterocycles. The van der Waals surface area contributed by atoms with Crippen molar-refractivity contribution in [1.82, 2.24) is 10.6 Å². The number of carboxylic acids is 1. The van der Waals surface area contributed by atoms with Gasteiger partial charge in [-0.05, 0) is 31.6 Å². The first kappa shape index (κ1) is 14.8. The summed E-state index contributed by atoms with van der Waals surface area (Å²) >= 11 is 0. The third kappa shape index (κ3) is 4.20. The maximum absolute atomic E-state index is 11.6. The van der Waals surface area contributed by atoms with E-state index >= 15 is 0 Å². The lowest BCUT2D eigenvalue weighted by atomic mass is 9.96. The van der Waals surface area contributed by atoms with Crippen molar-refractivity contribution >= 4 is 12.0 Å². The Bertz CT molecular complexity index is 290. The summed E-state index contributed by atoms with van der Waals surface area (Å²) in [7, 11) is 0. The Morgan fingerprint density at radius 2 is 1.94 bits per heavy atom. The van der Waals surface area contributed by atoms with E-state index in [2.05, 4.69) is 10.6 Å². The summed E-state index contributed by atoms with van der Waals surface area (Å²) < 4.78 is 0. The molecule has 1 aliphatic carbocycles. The van der Waals surface area contributed by atoms with E-state index in [0.29, 0.717) is 6.54 Å². The van der Waals surface area contributed by atoms with Crippen LogP contribution in [0.2, 0.25) is 0 Å². The molecule has 0 radical (unpaired) electrons. The van der Waals surface area contributed by atoms with Crippen molar-refractivity contribution in [2.75, 3.05) is 6.54 Å². The van der Waals surface area contributed by atoms with Gasteiger partial charge in [-0.3, -0.25) is 4.79 Å². The van der Waals surface area contributed by atoms with Crippen molar-refractivity contribution in [3.63, 3.8) is 0 Å². The molecule has 5 nitrogen and oxygen atoms in total. The molecule has 2 amide bonds. The summed E-state index contributed by atoms with van der Waals surface area (Å²) in [6, 6.07) is 0.0172. The minimum absolute atomic E-state index is 0.0787. The van der Waals surface area contributed by atoms with Gasteiger partial charge in [-0.1, -0.05) is 20.3 Å². The molecule has 1 fully saturated rings. The highest BCUT2D eigenvalue weighted by Gasteiger charge is 2.32. The molecule has 1 rings (SSSR count). The van der Waals surface area contributed by atoms with E-state index in [1.807, 2.05) is 13.8 Å². The lowest BCUT2D eigenvalue weighted by Crippen LogP contribution is -2.44. The number of aliphatic carboxylic acids is 1. The molecule has 18 heavy (non-hydrogen) atoms. The zero-order valence-corrected chi connectivity index (χ0v) is 11.2. The smallest absolute Gasteiger partial charge is 0.315 e. The number of carbonyl (C=O) groups is 2. The zero-order valence-electron chi connectivity index (χ0n) is 11.2. The van der Waals surface area contributed by atoms with Crippen LogP contribution in [0, 0.1) is 11.8 Å². The van der Waals surface area contributed by atoms with Crippen molar-refractivity contribution in [1.29, 1.82) is 0 Å². The number of urea groups is 1. The van der Waals surface area contributed by atoms with E-state index in [1.165, 1.54) is 0 Å². The first-order valence-electron chi connectivity index (χ1n) is 6.85. The number of amides is 2. The zero-order chi connectivity index (χ0) is 13.5. The summed E-state index contributed by atoms with van der Waals surface area (Å²) in [5, 5.41) is 14.7. The lowest BCUT2D eigenvalue weighted by Gasteiger charge is -2.19. The van der Waals surface area contributed by atoms with Crippen LogP contribution in [-0.4, -0.2) is 29.7 Å². The van der Waals surface area contributed by atoms with Crippen molar-refractivity contribution in [2.24, 2.45) is 11.8 Å². The standard InChI is InChI=1S/C13H24N2O3/c1-3-10(4-2)15-13(18)14-8-9-6-5-7-11(9)12(16)17/h9-11H,3-8H2,1-2H3,(H,16,17)(H2,14,15,18). The number of nitrogens with one attached hydrogen (secondary N) is 2. The quantitative estimate of drug-likeness (QED) is 0.680. The Morgan fingerprint density at radius 3 is 2.50 bits per heavy atom. The average Bonchev–Trinajstić information content (AvgIpc) is 2.81. The van der Waals surface area contributed by atoms with Gasteiger partial charge in [0.25, 0.3) is 0 Å². The van der Waals surface area contributed by atoms with Crippen LogP contribution in [0.4, 0.5) is 4.79 Å². The molecule has 1 aliphatic rings. The number of rotatable bonds is 6. The average molecular weight is 256 g/mol. The van der Waals surface area contributed by atoms with Gasteiger partial charge in [-0.15, -0.1) is 0 Å². The number of carbonyl (C=O) groups excluding carboxylic acids is 1. The van der Waals surface area contributed by atoms with Crippen LogP contribution >= 0.6 is 0 Å². The minimum Gasteiger partial charge on any atom is -0.481 e. The van der Waals surface area contributed by atoms with Gasteiger partial charge in [0.2, 0.25) is 0 Å². The molecule has 104 valence electrons. The first-order valence-corrected chi connectivity index (χ1v) is 6.85. The van der Waals surface area contributed by atoms with Crippen molar-refractivity contribution in [3.05, 3.63) is 0 Å². The predicted octanol–water partition coefficient (Wildman–Crippen LogP) is 1.98. The van der Waals surface area contributed by atoms with E-state index in [1.54, 1.807) is 0 Å². The Kier molecular flexibility index (Phi) is 5.95. The maximum Gasteiger partial charge on any atom is 0.315 e. The molecule has 0 aromatic rings. The van der Waals surface area contributed by atoms with Crippen LogP contribution < -0.4 is 10.6 Å². The van der Waals surface area contributed by atoms with E-state index in [9.17, 15) is 9.59 Å². The van der Waals surface area contributed by atoms with Gasteiger partial charge in [0.1, 0.15) is 0 Å².